The Labute approximate surface area is 66.3 Å². The van der Waals surface area contributed by atoms with Gasteiger partial charge in [-0.15, -0.1) is 12.4 Å². The number of rotatable bonds is 2. The van der Waals surface area contributed by atoms with Gasteiger partial charge >= 0.3 is 5.97 Å². The van der Waals surface area contributed by atoms with Crippen molar-refractivity contribution in [3.8, 4) is 0 Å². The number of nitrogens with two attached hydrogens (primary N) is 1. The molecule has 1 aliphatic rings. The lowest BCUT2D eigenvalue weighted by molar-refractivity contribution is -0.142. The third-order valence-corrected chi connectivity index (χ3v) is 1.73. The van der Waals surface area contributed by atoms with E-state index in [4.69, 9.17) is 5.73 Å². The van der Waals surface area contributed by atoms with Crippen LogP contribution in [0.1, 0.15) is 6.42 Å². The second kappa shape index (κ2) is 3.78. The number of esters is 1. The van der Waals surface area contributed by atoms with E-state index in [2.05, 4.69) is 4.74 Å². The highest BCUT2D eigenvalue weighted by Gasteiger charge is 2.42. The zero-order valence-corrected chi connectivity index (χ0v) is 6.69. The van der Waals surface area contributed by atoms with Gasteiger partial charge in [0, 0.05) is 0 Å². The Morgan fingerprint density at radius 1 is 1.80 bits per heavy atom. The van der Waals surface area contributed by atoms with Crippen LogP contribution in [0.2, 0.25) is 0 Å². The number of methoxy groups -OCH3 is 1. The molecule has 1 aliphatic carbocycles. The molecule has 2 N–H and O–H groups in total. The Morgan fingerprint density at radius 3 is 2.70 bits per heavy atom. The number of halogens is 1. The molecule has 2 atom stereocenters. The molecule has 1 saturated carbocycles. The van der Waals surface area contributed by atoms with E-state index in [9.17, 15) is 4.79 Å². The predicted octanol–water partition coefficient (Wildman–Crippen LogP) is 0.176. The average Bonchev–Trinajstić information content (AvgIpc) is 2.64. The first-order valence-corrected chi connectivity index (χ1v) is 3.07. The zero-order valence-electron chi connectivity index (χ0n) is 5.87. The average molecular weight is 166 g/mol. The van der Waals surface area contributed by atoms with Crippen LogP contribution in [0.25, 0.3) is 0 Å². The molecule has 10 heavy (non-hydrogen) atoms. The van der Waals surface area contributed by atoms with Gasteiger partial charge in [-0.1, -0.05) is 0 Å². The summed E-state index contributed by atoms with van der Waals surface area (Å²) in [6, 6.07) is 0. The molecule has 0 aliphatic heterocycles. The van der Waals surface area contributed by atoms with E-state index < -0.39 is 0 Å². The number of hydrogen-bond acceptors (Lipinski definition) is 3. The molecule has 0 unspecified atom stereocenters. The summed E-state index contributed by atoms with van der Waals surface area (Å²) in [6.07, 6.45) is 0.920. The Balaban J connectivity index is 0.000000810. The molecule has 4 heteroatoms. The lowest BCUT2D eigenvalue weighted by atomic mass is 10.3. The van der Waals surface area contributed by atoms with Gasteiger partial charge in [0.25, 0.3) is 0 Å². The molecular formula is C6H12ClNO2. The molecule has 0 spiro atoms. The Kier molecular flexibility index (Phi) is 3.68. The van der Waals surface area contributed by atoms with Crippen molar-refractivity contribution in [3.05, 3.63) is 0 Å². The van der Waals surface area contributed by atoms with Gasteiger partial charge in [-0.25, -0.2) is 0 Å². The summed E-state index contributed by atoms with van der Waals surface area (Å²) in [7, 11) is 1.41. The lowest BCUT2D eigenvalue weighted by Gasteiger charge is -1.93. The summed E-state index contributed by atoms with van der Waals surface area (Å²) in [5, 5.41) is 0. The minimum absolute atomic E-state index is 0. The maximum Gasteiger partial charge on any atom is 0.308 e. The lowest BCUT2D eigenvalue weighted by Crippen LogP contribution is -2.09. The molecule has 0 aromatic carbocycles. The Hall–Kier alpha value is -0.280. The molecule has 1 rings (SSSR count). The molecule has 0 saturated heterocycles. The topological polar surface area (TPSA) is 52.3 Å². The van der Waals surface area contributed by atoms with E-state index >= 15 is 0 Å². The molecule has 60 valence electrons. The second-order valence-corrected chi connectivity index (χ2v) is 2.36. The van der Waals surface area contributed by atoms with Gasteiger partial charge in [0.05, 0.1) is 13.0 Å². The molecule has 0 bridgehead atoms. The molecule has 0 radical (unpaired) electrons. The fourth-order valence-electron chi connectivity index (χ4n) is 0.948. The van der Waals surface area contributed by atoms with Crippen molar-refractivity contribution in [2.24, 2.45) is 17.6 Å². The Morgan fingerprint density at radius 2 is 2.40 bits per heavy atom. The first-order valence-electron chi connectivity index (χ1n) is 3.07. The number of ether oxygens (including phenoxy) is 1. The molecule has 3 nitrogen and oxygen atoms in total. The number of carbonyl (C=O) groups excluding carboxylic acids is 1. The first kappa shape index (κ1) is 9.72. The Bertz CT molecular complexity index is 129. The van der Waals surface area contributed by atoms with Crippen LogP contribution in [0.5, 0.6) is 0 Å². The van der Waals surface area contributed by atoms with Crippen molar-refractivity contribution >= 4 is 18.4 Å². The maximum atomic E-state index is 10.7. The van der Waals surface area contributed by atoms with Crippen LogP contribution in [0, 0.1) is 11.8 Å². The van der Waals surface area contributed by atoms with Gasteiger partial charge in [-0.2, -0.15) is 0 Å². The maximum absolute atomic E-state index is 10.7. The van der Waals surface area contributed by atoms with Gasteiger partial charge in [-0.3, -0.25) is 4.79 Å². The van der Waals surface area contributed by atoms with E-state index in [1.54, 1.807) is 0 Å². The zero-order chi connectivity index (χ0) is 6.85. The van der Waals surface area contributed by atoms with Crippen LogP contribution in [0.15, 0.2) is 0 Å². The van der Waals surface area contributed by atoms with Crippen molar-refractivity contribution in [1.82, 2.24) is 0 Å². The van der Waals surface area contributed by atoms with Gasteiger partial charge in [0.1, 0.15) is 0 Å². The summed E-state index contributed by atoms with van der Waals surface area (Å²) in [4.78, 5) is 10.7. The van der Waals surface area contributed by atoms with Crippen molar-refractivity contribution in [2.45, 2.75) is 6.42 Å². The molecule has 0 heterocycles. The summed E-state index contributed by atoms with van der Waals surface area (Å²) in [5.41, 5.74) is 5.31. The van der Waals surface area contributed by atoms with Crippen LogP contribution in [-0.2, 0) is 9.53 Å². The fraction of sp³-hybridized carbons (Fsp3) is 0.833. The highest BCUT2D eigenvalue weighted by atomic mass is 35.5. The molecule has 0 aromatic heterocycles. The standard InChI is InChI=1S/C6H11NO2.ClH/c1-9-6(8)5-2-4(5)3-7;/h4-5H,2-3,7H2,1H3;1H/t4-,5+;/m1./s1. The molecule has 1 fully saturated rings. The van der Waals surface area contributed by atoms with Gasteiger partial charge in [-0.05, 0) is 18.9 Å². The molecule has 0 aromatic rings. The first-order chi connectivity index (χ1) is 4.29. The molecular weight excluding hydrogens is 154 g/mol. The van der Waals surface area contributed by atoms with Crippen LogP contribution in [0.4, 0.5) is 0 Å². The monoisotopic (exact) mass is 165 g/mol. The quantitative estimate of drug-likeness (QED) is 0.594. The van der Waals surface area contributed by atoms with Crippen molar-refractivity contribution in [3.63, 3.8) is 0 Å². The normalized spacial score (nSPS) is 28.6. The summed E-state index contributed by atoms with van der Waals surface area (Å²) < 4.78 is 4.51. The minimum atomic E-state index is -0.106. The number of carbonyl (C=O) groups is 1. The largest absolute Gasteiger partial charge is 0.469 e. The van der Waals surface area contributed by atoms with E-state index in [1.165, 1.54) is 7.11 Å². The van der Waals surface area contributed by atoms with Crippen molar-refractivity contribution in [1.29, 1.82) is 0 Å². The van der Waals surface area contributed by atoms with Gasteiger partial charge < -0.3 is 10.5 Å². The SMILES string of the molecule is COC(=O)[C@H]1C[C@@H]1CN.Cl. The van der Waals surface area contributed by atoms with Gasteiger partial charge in [0.15, 0.2) is 0 Å². The van der Waals surface area contributed by atoms with Crippen LogP contribution < -0.4 is 5.73 Å². The summed E-state index contributed by atoms with van der Waals surface area (Å²) >= 11 is 0. The van der Waals surface area contributed by atoms with Crippen LogP contribution >= 0.6 is 12.4 Å². The predicted molar refractivity (Wildman–Crippen MR) is 39.9 cm³/mol. The van der Waals surface area contributed by atoms with E-state index in [0.717, 1.165) is 6.42 Å². The highest BCUT2D eigenvalue weighted by molar-refractivity contribution is 5.85. The second-order valence-electron chi connectivity index (χ2n) is 2.36. The van der Waals surface area contributed by atoms with E-state index in [1.807, 2.05) is 0 Å². The minimum Gasteiger partial charge on any atom is -0.469 e. The third-order valence-electron chi connectivity index (χ3n) is 1.73. The van der Waals surface area contributed by atoms with E-state index in [0.29, 0.717) is 12.5 Å². The van der Waals surface area contributed by atoms with Crippen LogP contribution in [0.3, 0.4) is 0 Å². The van der Waals surface area contributed by atoms with Crippen molar-refractivity contribution < 1.29 is 9.53 Å². The van der Waals surface area contributed by atoms with E-state index in [-0.39, 0.29) is 24.3 Å². The smallest absolute Gasteiger partial charge is 0.308 e. The van der Waals surface area contributed by atoms with Gasteiger partial charge in [0.2, 0.25) is 0 Å². The third kappa shape index (κ3) is 1.85. The highest BCUT2D eigenvalue weighted by Crippen LogP contribution is 2.37. The summed E-state index contributed by atoms with van der Waals surface area (Å²) in [5.74, 6) is 0.405. The van der Waals surface area contributed by atoms with Crippen molar-refractivity contribution in [2.75, 3.05) is 13.7 Å². The van der Waals surface area contributed by atoms with Crippen LogP contribution in [-0.4, -0.2) is 19.6 Å². The number of hydrogen-bond donors (Lipinski definition) is 1. The summed E-state index contributed by atoms with van der Waals surface area (Å²) in [6.45, 7) is 0.611. The fourth-order valence-corrected chi connectivity index (χ4v) is 0.948. The molecule has 0 amide bonds.